The summed E-state index contributed by atoms with van der Waals surface area (Å²) in [5.41, 5.74) is 4.34. The fourth-order valence-corrected chi connectivity index (χ4v) is 4.37. The van der Waals surface area contributed by atoms with Crippen molar-refractivity contribution in [3.8, 4) is 5.75 Å². The smallest absolute Gasteiger partial charge is 0.266 e. The number of amides is 1. The topological polar surface area (TPSA) is 69.5 Å². The van der Waals surface area contributed by atoms with Crippen molar-refractivity contribution in [2.75, 3.05) is 26.3 Å². The van der Waals surface area contributed by atoms with Gasteiger partial charge in [0, 0.05) is 30.7 Å². The van der Waals surface area contributed by atoms with Gasteiger partial charge in [0.15, 0.2) is 0 Å². The number of hydrogen-bond acceptors (Lipinski definition) is 6. The maximum atomic E-state index is 12.8. The van der Waals surface area contributed by atoms with E-state index in [9.17, 15) is 4.79 Å². The molecule has 30 heavy (non-hydrogen) atoms. The third kappa shape index (κ3) is 4.66. The highest BCUT2D eigenvalue weighted by Crippen LogP contribution is 2.25. The summed E-state index contributed by atoms with van der Waals surface area (Å²) < 4.78 is 13.5. The molecule has 0 radical (unpaired) electrons. The average molecular weight is 447 g/mol. The molecule has 0 aliphatic carbocycles. The second kappa shape index (κ2) is 9.16. The number of ether oxygens (including phenoxy) is 2. The van der Waals surface area contributed by atoms with Crippen molar-refractivity contribution >= 4 is 28.8 Å². The van der Waals surface area contributed by atoms with Crippen LogP contribution in [0.3, 0.4) is 0 Å². The molecular formula is C21H23ClN4O3S. The third-order valence-electron chi connectivity index (χ3n) is 5.04. The van der Waals surface area contributed by atoms with Crippen LogP contribution in [0.1, 0.15) is 32.9 Å². The van der Waals surface area contributed by atoms with E-state index in [0.29, 0.717) is 42.6 Å². The number of aromatic nitrogens is 3. The molecule has 0 spiro atoms. The number of benzene rings is 1. The molecule has 1 aliphatic rings. The molecule has 4 rings (SSSR count). The Kier molecular flexibility index (Phi) is 6.36. The fourth-order valence-electron chi connectivity index (χ4n) is 3.42. The molecule has 3 heterocycles. The zero-order valence-corrected chi connectivity index (χ0v) is 18.4. The first-order chi connectivity index (χ1) is 14.5. The van der Waals surface area contributed by atoms with Crippen molar-refractivity contribution in [3.63, 3.8) is 0 Å². The number of halogens is 1. The van der Waals surface area contributed by atoms with Crippen LogP contribution in [0, 0.1) is 6.92 Å². The predicted molar refractivity (Wildman–Crippen MR) is 115 cm³/mol. The van der Waals surface area contributed by atoms with Crippen LogP contribution in [0.5, 0.6) is 5.75 Å². The van der Waals surface area contributed by atoms with Gasteiger partial charge in [0.25, 0.3) is 5.91 Å². The van der Waals surface area contributed by atoms with E-state index in [4.69, 9.17) is 21.1 Å². The summed E-state index contributed by atoms with van der Waals surface area (Å²) in [6, 6.07) is 9.38. The van der Waals surface area contributed by atoms with E-state index in [1.54, 1.807) is 11.6 Å². The highest BCUT2D eigenvalue weighted by atomic mass is 35.5. The molecule has 1 saturated heterocycles. The number of carbonyl (C=O) groups excluding carboxylic acids is 1. The molecular weight excluding hydrogens is 424 g/mol. The van der Waals surface area contributed by atoms with E-state index < -0.39 is 0 Å². The summed E-state index contributed by atoms with van der Waals surface area (Å²) in [5.74, 6) is 0.752. The molecule has 0 N–H and O–H groups in total. The van der Waals surface area contributed by atoms with Crippen LogP contribution in [0.15, 0.2) is 35.8 Å². The van der Waals surface area contributed by atoms with Crippen LogP contribution in [0.2, 0.25) is 5.02 Å². The van der Waals surface area contributed by atoms with Crippen molar-refractivity contribution in [1.82, 2.24) is 19.7 Å². The number of aryl methyl sites for hydroxylation is 2. The Bertz CT molecular complexity index is 1030. The van der Waals surface area contributed by atoms with Gasteiger partial charge in [0.2, 0.25) is 0 Å². The molecule has 0 saturated carbocycles. The van der Waals surface area contributed by atoms with Gasteiger partial charge in [0.1, 0.15) is 16.7 Å². The van der Waals surface area contributed by atoms with Crippen molar-refractivity contribution in [3.05, 3.63) is 62.8 Å². The van der Waals surface area contributed by atoms with E-state index >= 15 is 0 Å². The summed E-state index contributed by atoms with van der Waals surface area (Å²) in [7, 11) is 1.91. The van der Waals surface area contributed by atoms with Gasteiger partial charge in [-0.15, -0.1) is 11.3 Å². The van der Waals surface area contributed by atoms with E-state index in [1.807, 2.05) is 47.8 Å². The summed E-state index contributed by atoms with van der Waals surface area (Å²) in [4.78, 5) is 19.5. The minimum Gasteiger partial charge on any atom is -0.493 e. The largest absolute Gasteiger partial charge is 0.493 e. The van der Waals surface area contributed by atoms with Crippen molar-refractivity contribution in [2.45, 2.75) is 19.4 Å². The van der Waals surface area contributed by atoms with Crippen LogP contribution in [-0.4, -0.2) is 51.9 Å². The molecule has 1 aliphatic heterocycles. The zero-order chi connectivity index (χ0) is 21.1. The molecule has 2 aromatic heterocycles. The lowest BCUT2D eigenvalue weighted by Crippen LogP contribution is -2.42. The molecule has 3 aromatic rings. The van der Waals surface area contributed by atoms with Crippen LogP contribution >= 0.6 is 22.9 Å². The first-order valence-corrected chi connectivity index (χ1v) is 11.0. The lowest BCUT2D eigenvalue weighted by atomic mass is 10.1. The number of thiazole rings is 1. The molecule has 0 unspecified atom stereocenters. The minimum atomic E-state index is -0.246. The van der Waals surface area contributed by atoms with E-state index in [1.165, 1.54) is 11.3 Å². The summed E-state index contributed by atoms with van der Waals surface area (Å²) in [5, 5.41) is 5.27. The molecule has 0 bridgehead atoms. The Morgan fingerprint density at radius 2 is 2.27 bits per heavy atom. The Hall–Kier alpha value is -2.42. The van der Waals surface area contributed by atoms with Crippen LogP contribution in [0.25, 0.3) is 0 Å². The van der Waals surface area contributed by atoms with Crippen molar-refractivity contribution in [1.29, 1.82) is 0 Å². The number of nitrogens with zero attached hydrogens (tertiary/aromatic N) is 4. The van der Waals surface area contributed by atoms with Gasteiger partial charge in [-0.25, -0.2) is 4.98 Å². The normalized spacial score (nSPS) is 16.6. The molecule has 158 valence electrons. The lowest BCUT2D eigenvalue weighted by molar-refractivity contribution is -0.0248. The number of rotatable bonds is 6. The van der Waals surface area contributed by atoms with Crippen LogP contribution in [0.4, 0.5) is 0 Å². The highest BCUT2D eigenvalue weighted by Gasteiger charge is 2.29. The second-order valence-electron chi connectivity index (χ2n) is 7.12. The minimum absolute atomic E-state index is 0.00868. The first kappa shape index (κ1) is 20.8. The van der Waals surface area contributed by atoms with Gasteiger partial charge in [0.05, 0.1) is 36.7 Å². The Morgan fingerprint density at radius 3 is 3.03 bits per heavy atom. The fraction of sp³-hybridized carbons (Fsp3) is 0.381. The molecule has 1 aromatic carbocycles. The molecule has 1 fully saturated rings. The lowest BCUT2D eigenvalue weighted by Gasteiger charge is -2.32. The second-order valence-corrected chi connectivity index (χ2v) is 8.41. The molecule has 1 atom stereocenters. The van der Waals surface area contributed by atoms with Crippen molar-refractivity contribution < 1.29 is 14.3 Å². The Labute approximate surface area is 184 Å². The molecule has 9 heteroatoms. The van der Waals surface area contributed by atoms with Gasteiger partial charge in [-0.3, -0.25) is 9.48 Å². The molecule has 7 nitrogen and oxygen atoms in total. The average Bonchev–Trinajstić information content (AvgIpc) is 3.33. The zero-order valence-electron chi connectivity index (χ0n) is 16.9. The predicted octanol–water partition coefficient (Wildman–Crippen LogP) is 3.67. The highest BCUT2D eigenvalue weighted by molar-refractivity contribution is 7.11. The van der Waals surface area contributed by atoms with Gasteiger partial charge in [-0.1, -0.05) is 17.7 Å². The monoisotopic (exact) mass is 446 g/mol. The van der Waals surface area contributed by atoms with Crippen LogP contribution in [-0.2, 0) is 18.2 Å². The number of carbonyl (C=O) groups is 1. The SMILES string of the molecule is Cc1ncsc1C(=O)N1CCO[C@@H](c2cc(CCOc3cccc(Cl)c3)n(C)n2)C1. The van der Waals surface area contributed by atoms with Crippen LogP contribution < -0.4 is 4.74 Å². The van der Waals surface area contributed by atoms with Crippen molar-refractivity contribution in [2.24, 2.45) is 7.05 Å². The van der Waals surface area contributed by atoms with Gasteiger partial charge in [-0.05, 0) is 31.2 Å². The van der Waals surface area contributed by atoms with E-state index in [-0.39, 0.29) is 12.0 Å². The van der Waals surface area contributed by atoms with Gasteiger partial charge < -0.3 is 14.4 Å². The number of hydrogen-bond donors (Lipinski definition) is 0. The quantitative estimate of drug-likeness (QED) is 0.577. The van der Waals surface area contributed by atoms with Gasteiger partial charge in [-0.2, -0.15) is 5.10 Å². The Balaban J connectivity index is 1.38. The third-order valence-corrected chi connectivity index (χ3v) is 6.19. The maximum Gasteiger partial charge on any atom is 0.266 e. The number of morpholine rings is 1. The van der Waals surface area contributed by atoms with E-state index in [2.05, 4.69) is 10.1 Å². The Morgan fingerprint density at radius 1 is 1.40 bits per heavy atom. The summed E-state index contributed by atoms with van der Waals surface area (Å²) >= 11 is 7.37. The van der Waals surface area contributed by atoms with Gasteiger partial charge >= 0.3 is 0 Å². The first-order valence-electron chi connectivity index (χ1n) is 9.73. The standard InChI is InChI=1S/C21H23ClN4O3S/c1-14-20(30-13-23-14)21(27)26-7-9-29-19(12-26)18-11-16(25(2)24-18)6-8-28-17-5-3-4-15(22)10-17/h3-5,10-11,13,19H,6-9,12H2,1-2H3/t19-/m1/s1. The summed E-state index contributed by atoms with van der Waals surface area (Å²) in [6.07, 6.45) is 0.454. The maximum absolute atomic E-state index is 12.8. The molecule has 1 amide bonds. The van der Waals surface area contributed by atoms with E-state index in [0.717, 1.165) is 22.8 Å². The summed E-state index contributed by atoms with van der Waals surface area (Å²) in [6.45, 7) is 3.90.